The molecule has 1 fully saturated rings. The molecule has 0 amide bonds. The number of ether oxygens (including phenoxy) is 2. The monoisotopic (exact) mass is 407 g/mol. The number of methoxy groups -OCH3 is 1. The van der Waals surface area contributed by atoms with E-state index >= 15 is 0 Å². The lowest BCUT2D eigenvalue weighted by Gasteiger charge is -2.46. The number of carbonyl (C=O) groups is 2. The molecule has 0 radical (unpaired) electrons. The SMILES string of the molecule is COC(=O)C1C[C@@H]2[C@H](OC1=O)c1cc(C(F)(F)F)ccc1N[C@H]2C1C=CC=CC1. The first-order valence-electron chi connectivity index (χ1n) is 9.39. The van der Waals surface area contributed by atoms with Crippen molar-refractivity contribution in [3.63, 3.8) is 0 Å². The number of benzene rings is 1. The molecule has 5 atom stereocenters. The van der Waals surface area contributed by atoms with E-state index in [-0.39, 0.29) is 29.9 Å². The Balaban J connectivity index is 1.75. The molecule has 1 saturated heterocycles. The molecule has 0 aromatic heterocycles. The number of allylic oxidation sites excluding steroid dienone is 3. The van der Waals surface area contributed by atoms with E-state index in [2.05, 4.69) is 5.32 Å². The summed E-state index contributed by atoms with van der Waals surface area (Å²) in [4.78, 5) is 24.5. The minimum atomic E-state index is -4.51. The second-order valence-corrected chi connectivity index (χ2v) is 7.52. The van der Waals surface area contributed by atoms with E-state index < -0.39 is 35.7 Å². The molecule has 0 saturated carbocycles. The van der Waals surface area contributed by atoms with Crippen LogP contribution in [0.15, 0.2) is 42.5 Å². The zero-order valence-corrected chi connectivity index (χ0v) is 15.6. The number of alkyl halides is 3. The van der Waals surface area contributed by atoms with Gasteiger partial charge in [0.25, 0.3) is 0 Å². The van der Waals surface area contributed by atoms with Gasteiger partial charge < -0.3 is 14.8 Å². The standard InChI is InChI=1S/C21H20F3NO4/c1-28-19(26)15-10-14-17(11-5-3-2-4-6-11)25-16-8-7-12(21(22,23)24)9-13(16)18(14)29-20(15)27/h2-5,7-9,11,14-15,17-18,25H,6,10H2,1H3/t11?,14-,15?,17-,18+/m0/s1. The summed E-state index contributed by atoms with van der Waals surface area (Å²) in [7, 11) is 1.19. The number of hydrogen-bond donors (Lipinski definition) is 1. The lowest BCUT2D eigenvalue weighted by molar-refractivity contribution is -0.176. The number of hydrogen-bond acceptors (Lipinski definition) is 5. The summed E-state index contributed by atoms with van der Waals surface area (Å²) in [6.45, 7) is 0. The molecule has 2 aliphatic heterocycles. The molecule has 2 heterocycles. The first-order chi connectivity index (χ1) is 13.8. The van der Waals surface area contributed by atoms with Gasteiger partial charge in [0, 0.05) is 29.1 Å². The van der Waals surface area contributed by atoms with Crippen LogP contribution in [0.4, 0.5) is 18.9 Å². The maximum atomic E-state index is 13.2. The van der Waals surface area contributed by atoms with Gasteiger partial charge in [-0.05, 0) is 31.0 Å². The van der Waals surface area contributed by atoms with Gasteiger partial charge in [-0.15, -0.1) is 0 Å². The number of carbonyl (C=O) groups excluding carboxylic acids is 2. The molecule has 0 spiro atoms. The normalized spacial score (nSPS) is 30.6. The van der Waals surface area contributed by atoms with E-state index in [1.165, 1.54) is 13.2 Å². The average molecular weight is 407 g/mol. The van der Waals surface area contributed by atoms with E-state index in [0.717, 1.165) is 18.6 Å². The highest BCUT2D eigenvalue weighted by molar-refractivity contribution is 5.95. The summed E-state index contributed by atoms with van der Waals surface area (Å²) >= 11 is 0. The largest absolute Gasteiger partial charge is 0.468 e. The maximum Gasteiger partial charge on any atom is 0.416 e. The van der Waals surface area contributed by atoms with Crippen molar-refractivity contribution in [3.05, 3.63) is 53.6 Å². The molecule has 3 aliphatic rings. The summed E-state index contributed by atoms with van der Waals surface area (Å²) in [6, 6.07) is 3.22. The van der Waals surface area contributed by atoms with Crippen molar-refractivity contribution in [2.45, 2.75) is 31.2 Å². The van der Waals surface area contributed by atoms with Gasteiger partial charge in [0.1, 0.15) is 6.10 Å². The van der Waals surface area contributed by atoms with E-state index in [9.17, 15) is 22.8 Å². The summed E-state index contributed by atoms with van der Waals surface area (Å²) in [5.74, 6) is -2.85. The predicted octanol–water partition coefficient (Wildman–Crippen LogP) is 4.03. The Bertz CT molecular complexity index is 892. The molecule has 4 rings (SSSR count). The summed E-state index contributed by atoms with van der Waals surface area (Å²) in [6.07, 6.45) is 3.40. The Morgan fingerprint density at radius 3 is 2.72 bits per heavy atom. The third-order valence-corrected chi connectivity index (χ3v) is 5.85. The average Bonchev–Trinajstić information content (AvgIpc) is 2.71. The number of anilines is 1. The minimum Gasteiger partial charge on any atom is -0.468 e. The number of nitrogens with one attached hydrogen (secondary N) is 1. The molecular weight excluding hydrogens is 387 g/mol. The lowest BCUT2D eigenvalue weighted by Crippen LogP contribution is -2.49. The van der Waals surface area contributed by atoms with Crippen LogP contribution >= 0.6 is 0 Å². The fourth-order valence-electron chi connectivity index (χ4n) is 4.43. The van der Waals surface area contributed by atoms with Gasteiger partial charge >= 0.3 is 18.1 Å². The van der Waals surface area contributed by atoms with Crippen molar-refractivity contribution in [2.24, 2.45) is 17.8 Å². The topological polar surface area (TPSA) is 64.6 Å². The molecule has 154 valence electrons. The van der Waals surface area contributed by atoms with Crippen LogP contribution in [0.5, 0.6) is 0 Å². The number of esters is 2. The summed E-state index contributed by atoms with van der Waals surface area (Å²) in [5, 5.41) is 3.34. The molecule has 1 N–H and O–H groups in total. The van der Waals surface area contributed by atoms with Gasteiger partial charge in [0.15, 0.2) is 5.92 Å². The van der Waals surface area contributed by atoms with Crippen LogP contribution in [-0.2, 0) is 25.2 Å². The van der Waals surface area contributed by atoms with E-state index in [4.69, 9.17) is 9.47 Å². The lowest BCUT2D eigenvalue weighted by atomic mass is 9.71. The zero-order valence-electron chi connectivity index (χ0n) is 15.6. The van der Waals surface area contributed by atoms with Crippen molar-refractivity contribution in [1.82, 2.24) is 0 Å². The maximum absolute atomic E-state index is 13.2. The van der Waals surface area contributed by atoms with Gasteiger partial charge in [-0.25, -0.2) is 0 Å². The van der Waals surface area contributed by atoms with Crippen molar-refractivity contribution in [3.8, 4) is 0 Å². The first-order valence-corrected chi connectivity index (χ1v) is 9.39. The Hall–Kier alpha value is -2.77. The number of halogens is 3. The van der Waals surface area contributed by atoms with Crippen LogP contribution in [0.2, 0.25) is 0 Å². The molecule has 1 aliphatic carbocycles. The highest BCUT2D eigenvalue weighted by Crippen LogP contribution is 2.49. The summed E-state index contributed by atoms with van der Waals surface area (Å²) in [5.41, 5.74) is -0.00789. The van der Waals surface area contributed by atoms with Crippen LogP contribution in [0, 0.1) is 17.8 Å². The molecule has 5 nitrogen and oxygen atoms in total. The molecule has 1 aromatic rings. The smallest absolute Gasteiger partial charge is 0.416 e. The van der Waals surface area contributed by atoms with Gasteiger partial charge in [0.05, 0.1) is 12.7 Å². The van der Waals surface area contributed by atoms with Gasteiger partial charge in [-0.2, -0.15) is 13.2 Å². The predicted molar refractivity (Wildman–Crippen MR) is 97.7 cm³/mol. The van der Waals surface area contributed by atoms with E-state index in [1.807, 2.05) is 24.3 Å². The second kappa shape index (κ2) is 7.24. The number of rotatable bonds is 2. The Morgan fingerprint density at radius 2 is 2.07 bits per heavy atom. The number of fused-ring (bicyclic) bond motifs is 3. The van der Waals surface area contributed by atoms with Gasteiger partial charge in [0.2, 0.25) is 0 Å². The fraction of sp³-hybridized carbons (Fsp3) is 0.429. The Morgan fingerprint density at radius 1 is 1.28 bits per heavy atom. The van der Waals surface area contributed by atoms with Crippen LogP contribution in [0.3, 0.4) is 0 Å². The van der Waals surface area contributed by atoms with Gasteiger partial charge in [-0.3, -0.25) is 9.59 Å². The quantitative estimate of drug-likeness (QED) is 0.593. The highest BCUT2D eigenvalue weighted by atomic mass is 19.4. The van der Waals surface area contributed by atoms with Crippen molar-refractivity contribution in [2.75, 3.05) is 12.4 Å². The van der Waals surface area contributed by atoms with E-state index in [1.54, 1.807) is 0 Å². The third kappa shape index (κ3) is 3.52. The molecule has 1 aromatic carbocycles. The minimum absolute atomic E-state index is 0.0537. The van der Waals surface area contributed by atoms with Crippen molar-refractivity contribution >= 4 is 17.6 Å². The van der Waals surface area contributed by atoms with Crippen LogP contribution in [0.25, 0.3) is 0 Å². The van der Waals surface area contributed by atoms with Crippen molar-refractivity contribution in [1.29, 1.82) is 0 Å². The first kappa shape index (κ1) is 19.5. The van der Waals surface area contributed by atoms with Gasteiger partial charge in [-0.1, -0.05) is 24.3 Å². The molecule has 8 heteroatoms. The van der Waals surface area contributed by atoms with Crippen LogP contribution in [0.1, 0.15) is 30.1 Å². The Labute approximate surface area is 165 Å². The fourth-order valence-corrected chi connectivity index (χ4v) is 4.43. The summed E-state index contributed by atoms with van der Waals surface area (Å²) < 4.78 is 50.0. The van der Waals surface area contributed by atoms with Crippen LogP contribution in [-0.4, -0.2) is 25.1 Å². The Kier molecular flexibility index (Phi) is 4.88. The second-order valence-electron chi connectivity index (χ2n) is 7.52. The molecule has 0 bridgehead atoms. The highest BCUT2D eigenvalue weighted by Gasteiger charge is 2.50. The third-order valence-electron chi connectivity index (χ3n) is 5.85. The van der Waals surface area contributed by atoms with Crippen LogP contribution < -0.4 is 5.32 Å². The van der Waals surface area contributed by atoms with Crippen molar-refractivity contribution < 1.29 is 32.2 Å². The zero-order chi connectivity index (χ0) is 20.8. The molecule has 2 unspecified atom stereocenters. The van der Waals surface area contributed by atoms with E-state index in [0.29, 0.717) is 5.69 Å². The molecular formula is C21H20F3NO4. The molecule has 29 heavy (non-hydrogen) atoms.